The first-order valence-electron chi connectivity index (χ1n) is 11.9. The average Bonchev–Trinajstić information content (AvgIpc) is 3.27. The van der Waals surface area contributed by atoms with E-state index in [-0.39, 0.29) is 5.91 Å². The lowest BCUT2D eigenvalue weighted by molar-refractivity contribution is -0.131. The molecule has 0 aromatic heterocycles. The number of fused-ring (bicyclic) bond motifs is 1. The first-order chi connectivity index (χ1) is 13.9. The first-order valence-corrected chi connectivity index (χ1v) is 11.9. The van der Waals surface area contributed by atoms with Gasteiger partial charge in [-0.15, -0.1) is 0 Å². The number of likely N-dealkylation sites (tertiary alicyclic amines) is 1. The van der Waals surface area contributed by atoms with Gasteiger partial charge in [0.1, 0.15) is 0 Å². The van der Waals surface area contributed by atoms with Crippen molar-refractivity contribution in [2.45, 2.75) is 102 Å². The van der Waals surface area contributed by atoms with Gasteiger partial charge in [-0.05, 0) is 56.9 Å². The maximum atomic E-state index is 12.2. The Balaban J connectivity index is 1.32. The highest BCUT2D eigenvalue weighted by atomic mass is 16.2. The van der Waals surface area contributed by atoms with Crippen LogP contribution in [0.25, 0.3) is 0 Å². The SMILES string of the molecule is CC(=O)N1CCC2CCCC(NC3CCNC(NC4CC(C(C)C)NN4C)C3)C21. The summed E-state index contributed by atoms with van der Waals surface area (Å²) >= 11 is 0. The first kappa shape index (κ1) is 21.5. The smallest absolute Gasteiger partial charge is 0.219 e. The Morgan fingerprint density at radius 2 is 1.93 bits per heavy atom. The monoisotopic (exact) mass is 406 g/mol. The second-order valence-electron chi connectivity index (χ2n) is 10.2. The van der Waals surface area contributed by atoms with Crippen molar-refractivity contribution >= 4 is 5.91 Å². The maximum Gasteiger partial charge on any atom is 0.219 e. The Labute approximate surface area is 176 Å². The minimum atomic E-state index is 0.257. The van der Waals surface area contributed by atoms with E-state index >= 15 is 0 Å². The lowest BCUT2D eigenvalue weighted by atomic mass is 9.81. The molecule has 4 N–H and O–H groups in total. The van der Waals surface area contributed by atoms with E-state index in [1.165, 1.54) is 32.1 Å². The number of nitrogens with zero attached hydrogens (tertiary/aromatic N) is 2. The fraction of sp³-hybridized carbons (Fsp3) is 0.955. The van der Waals surface area contributed by atoms with Gasteiger partial charge in [-0.2, -0.15) is 0 Å². The van der Waals surface area contributed by atoms with Crippen molar-refractivity contribution in [3.05, 3.63) is 0 Å². The highest BCUT2D eigenvalue weighted by Crippen LogP contribution is 2.37. The van der Waals surface area contributed by atoms with Gasteiger partial charge in [0.05, 0.1) is 12.3 Å². The standard InChI is InChI=1S/C22H42N6O/c1-14(2)19-13-21(27(4)26-19)25-20-12-17(8-10-23-20)24-18-7-5-6-16-9-11-28(15(3)29)22(16)18/h14,16-26H,5-13H2,1-4H3. The summed E-state index contributed by atoms with van der Waals surface area (Å²) in [7, 11) is 2.15. The number of hydrogen-bond acceptors (Lipinski definition) is 6. The number of rotatable bonds is 5. The zero-order chi connectivity index (χ0) is 20.5. The molecule has 4 rings (SSSR count). The summed E-state index contributed by atoms with van der Waals surface area (Å²) in [5.41, 5.74) is 3.60. The lowest BCUT2D eigenvalue weighted by Crippen LogP contribution is -2.61. The summed E-state index contributed by atoms with van der Waals surface area (Å²) in [6.07, 6.45) is 9.12. The molecule has 1 saturated carbocycles. The van der Waals surface area contributed by atoms with Crippen LogP contribution in [0.2, 0.25) is 0 Å². The Hall–Kier alpha value is -0.730. The van der Waals surface area contributed by atoms with Crippen molar-refractivity contribution in [1.29, 1.82) is 0 Å². The van der Waals surface area contributed by atoms with Gasteiger partial charge in [0.25, 0.3) is 0 Å². The number of nitrogens with one attached hydrogen (secondary N) is 4. The molecule has 4 fully saturated rings. The van der Waals surface area contributed by atoms with Crippen LogP contribution in [0, 0.1) is 11.8 Å². The van der Waals surface area contributed by atoms with Crippen LogP contribution in [-0.4, -0.2) is 72.5 Å². The van der Waals surface area contributed by atoms with E-state index in [9.17, 15) is 4.79 Å². The molecular formula is C22H42N6O. The third-order valence-electron chi connectivity index (χ3n) is 7.86. The Morgan fingerprint density at radius 3 is 2.66 bits per heavy atom. The Kier molecular flexibility index (Phi) is 6.81. The molecule has 3 heterocycles. The second-order valence-corrected chi connectivity index (χ2v) is 10.2. The van der Waals surface area contributed by atoms with Crippen molar-refractivity contribution in [3.63, 3.8) is 0 Å². The fourth-order valence-corrected chi connectivity index (χ4v) is 6.19. The number of hydrazine groups is 1. The van der Waals surface area contributed by atoms with E-state index in [1.54, 1.807) is 6.92 Å². The van der Waals surface area contributed by atoms with E-state index < -0.39 is 0 Å². The molecule has 0 bridgehead atoms. The third-order valence-corrected chi connectivity index (χ3v) is 7.86. The predicted octanol–water partition coefficient (Wildman–Crippen LogP) is 1.22. The minimum absolute atomic E-state index is 0.257. The molecule has 1 amide bonds. The molecule has 1 aliphatic carbocycles. The summed E-state index contributed by atoms with van der Waals surface area (Å²) in [5, 5.41) is 13.8. The molecule has 7 atom stereocenters. The zero-order valence-electron chi connectivity index (χ0n) is 18.8. The molecule has 4 aliphatic rings. The highest BCUT2D eigenvalue weighted by molar-refractivity contribution is 5.74. The summed E-state index contributed by atoms with van der Waals surface area (Å²) < 4.78 is 0. The molecular weight excluding hydrogens is 364 g/mol. The molecule has 0 aromatic carbocycles. The number of carbonyl (C=O) groups is 1. The van der Waals surface area contributed by atoms with Crippen LogP contribution in [0.4, 0.5) is 0 Å². The fourth-order valence-electron chi connectivity index (χ4n) is 6.19. The van der Waals surface area contributed by atoms with Crippen molar-refractivity contribution in [3.8, 4) is 0 Å². The molecule has 166 valence electrons. The van der Waals surface area contributed by atoms with Gasteiger partial charge >= 0.3 is 0 Å². The van der Waals surface area contributed by atoms with Crippen LogP contribution < -0.4 is 21.4 Å². The number of carbonyl (C=O) groups excluding carboxylic acids is 1. The summed E-state index contributed by atoms with van der Waals surface area (Å²) in [6, 6.07) is 1.95. The number of piperidine rings is 1. The molecule has 3 saturated heterocycles. The van der Waals surface area contributed by atoms with Crippen LogP contribution in [-0.2, 0) is 4.79 Å². The van der Waals surface area contributed by atoms with E-state index in [1.807, 2.05) is 0 Å². The average molecular weight is 407 g/mol. The predicted molar refractivity (Wildman–Crippen MR) is 116 cm³/mol. The molecule has 3 aliphatic heterocycles. The van der Waals surface area contributed by atoms with Gasteiger partial charge in [0, 0.05) is 44.7 Å². The van der Waals surface area contributed by atoms with Crippen LogP contribution in [0.5, 0.6) is 0 Å². The number of hydrogen-bond donors (Lipinski definition) is 4. The Morgan fingerprint density at radius 1 is 1.10 bits per heavy atom. The van der Waals surface area contributed by atoms with Crippen LogP contribution in [0.1, 0.15) is 65.7 Å². The van der Waals surface area contributed by atoms with E-state index in [4.69, 9.17) is 0 Å². The van der Waals surface area contributed by atoms with Crippen LogP contribution >= 0.6 is 0 Å². The van der Waals surface area contributed by atoms with E-state index in [0.717, 1.165) is 25.9 Å². The van der Waals surface area contributed by atoms with Crippen molar-refractivity contribution in [2.24, 2.45) is 11.8 Å². The zero-order valence-corrected chi connectivity index (χ0v) is 18.8. The van der Waals surface area contributed by atoms with Crippen molar-refractivity contribution in [1.82, 2.24) is 31.3 Å². The van der Waals surface area contributed by atoms with E-state index in [2.05, 4.69) is 52.2 Å². The highest BCUT2D eigenvalue weighted by Gasteiger charge is 2.43. The largest absolute Gasteiger partial charge is 0.338 e. The van der Waals surface area contributed by atoms with Gasteiger partial charge < -0.3 is 15.5 Å². The van der Waals surface area contributed by atoms with Crippen LogP contribution in [0.15, 0.2) is 0 Å². The summed E-state index contributed by atoms with van der Waals surface area (Å²) in [6.45, 7) is 8.32. The molecule has 0 radical (unpaired) electrons. The molecule has 7 heteroatoms. The van der Waals surface area contributed by atoms with Gasteiger partial charge in [-0.1, -0.05) is 20.3 Å². The summed E-state index contributed by atoms with van der Waals surface area (Å²) in [4.78, 5) is 14.3. The topological polar surface area (TPSA) is 71.7 Å². The molecule has 29 heavy (non-hydrogen) atoms. The van der Waals surface area contributed by atoms with Crippen molar-refractivity contribution < 1.29 is 4.79 Å². The van der Waals surface area contributed by atoms with Crippen LogP contribution in [0.3, 0.4) is 0 Å². The molecule has 0 aromatic rings. The number of amides is 1. The molecule has 0 spiro atoms. The third kappa shape index (κ3) is 4.79. The van der Waals surface area contributed by atoms with Crippen molar-refractivity contribution in [2.75, 3.05) is 20.1 Å². The summed E-state index contributed by atoms with van der Waals surface area (Å²) in [5.74, 6) is 1.60. The van der Waals surface area contributed by atoms with E-state index in [0.29, 0.717) is 48.3 Å². The molecule has 7 nitrogen and oxygen atoms in total. The van der Waals surface area contributed by atoms with Gasteiger partial charge in [-0.25, -0.2) is 5.01 Å². The second kappa shape index (κ2) is 9.18. The van der Waals surface area contributed by atoms with Gasteiger partial charge in [0.15, 0.2) is 0 Å². The minimum Gasteiger partial charge on any atom is -0.338 e. The maximum absolute atomic E-state index is 12.2. The lowest BCUT2D eigenvalue weighted by Gasteiger charge is -2.42. The normalized spacial score (nSPS) is 41.1. The molecule has 7 unspecified atom stereocenters. The van der Waals surface area contributed by atoms with Gasteiger partial charge in [-0.3, -0.25) is 15.5 Å². The Bertz CT molecular complexity index is 572. The quantitative estimate of drug-likeness (QED) is 0.550. The van der Waals surface area contributed by atoms with Gasteiger partial charge in [0.2, 0.25) is 5.91 Å².